The summed E-state index contributed by atoms with van der Waals surface area (Å²) in [6.45, 7) is 1.75. The number of piperidine rings is 1. The number of para-hydroxylation sites is 1. The Morgan fingerprint density at radius 1 is 1.11 bits per heavy atom. The van der Waals surface area contributed by atoms with Crippen molar-refractivity contribution in [3.63, 3.8) is 0 Å². The topological polar surface area (TPSA) is 39.3 Å². The zero-order valence-electron chi connectivity index (χ0n) is 16.1. The van der Waals surface area contributed by atoms with Gasteiger partial charge in [0.2, 0.25) is 0 Å². The van der Waals surface area contributed by atoms with Crippen LogP contribution in [0.1, 0.15) is 46.9 Å². The Bertz CT molecular complexity index is 893. The first-order chi connectivity index (χ1) is 13.1. The third-order valence-electron chi connectivity index (χ3n) is 5.39. The lowest BCUT2D eigenvalue weighted by molar-refractivity contribution is 0.0606. The molecule has 0 unspecified atom stereocenters. The molecule has 27 heavy (non-hydrogen) atoms. The van der Waals surface area contributed by atoms with Crippen molar-refractivity contribution in [2.45, 2.75) is 31.8 Å². The van der Waals surface area contributed by atoms with Crippen LogP contribution in [-0.4, -0.2) is 41.3 Å². The van der Waals surface area contributed by atoms with E-state index in [2.05, 4.69) is 53.1 Å². The minimum absolute atomic E-state index is 0.105. The van der Waals surface area contributed by atoms with Crippen molar-refractivity contribution in [1.29, 1.82) is 0 Å². The summed E-state index contributed by atoms with van der Waals surface area (Å²) in [5.41, 5.74) is 4.24. The Labute approximate surface area is 160 Å². The minimum atomic E-state index is 0.105. The van der Waals surface area contributed by atoms with Crippen LogP contribution in [0, 0.1) is 0 Å². The molecule has 0 radical (unpaired) electrons. The molecule has 1 saturated heterocycles. The number of aromatic nitrogens is 1. The molecule has 1 amide bonds. The second-order valence-electron chi connectivity index (χ2n) is 7.76. The predicted octanol–water partition coefficient (Wildman–Crippen LogP) is 4.60. The summed E-state index contributed by atoms with van der Waals surface area (Å²) in [6, 6.07) is 19.0. The van der Waals surface area contributed by atoms with Gasteiger partial charge in [-0.3, -0.25) is 4.79 Å². The zero-order valence-corrected chi connectivity index (χ0v) is 16.1. The number of hydrogen-bond donors (Lipinski definition) is 1. The second kappa shape index (κ2) is 7.57. The Hall–Kier alpha value is -2.59. The van der Waals surface area contributed by atoms with E-state index in [-0.39, 0.29) is 11.9 Å². The number of rotatable bonds is 4. The number of fused-ring (bicyclic) bond motifs is 1. The van der Waals surface area contributed by atoms with Gasteiger partial charge in [0.15, 0.2) is 0 Å². The summed E-state index contributed by atoms with van der Waals surface area (Å²) in [7, 11) is 4.16. The molecule has 1 aliphatic rings. The summed E-state index contributed by atoms with van der Waals surface area (Å²) in [4.78, 5) is 20.8. The molecular weight excluding hydrogens is 334 g/mol. The van der Waals surface area contributed by atoms with Gasteiger partial charge in [-0.15, -0.1) is 0 Å². The van der Waals surface area contributed by atoms with Crippen LogP contribution in [0.2, 0.25) is 0 Å². The van der Waals surface area contributed by atoms with Crippen LogP contribution in [0.15, 0.2) is 54.6 Å². The third kappa shape index (κ3) is 3.76. The molecule has 4 nitrogen and oxygen atoms in total. The zero-order chi connectivity index (χ0) is 18.8. The molecule has 1 aromatic heterocycles. The lowest BCUT2D eigenvalue weighted by Crippen LogP contribution is -2.38. The standard InChI is InChI=1S/C23H27N3O/c1-25(2)16-17-10-12-18(13-11-17)22-9-5-6-14-26(22)23(27)21-15-19-7-3-4-8-20(19)24-21/h3-4,7-8,10-13,15,22,24H,5-6,9,14,16H2,1-2H3/t22-/m1/s1. The van der Waals surface area contributed by atoms with Gasteiger partial charge in [-0.1, -0.05) is 42.5 Å². The van der Waals surface area contributed by atoms with Crippen LogP contribution in [0.5, 0.6) is 0 Å². The second-order valence-corrected chi connectivity index (χ2v) is 7.76. The van der Waals surface area contributed by atoms with E-state index >= 15 is 0 Å². The van der Waals surface area contributed by atoms with Gasteiger partial charge in [0, 0.05) is 24.0 Å². The molecule has 2 heterocycles. The van der Waals surface area contributed by atoms with Gasteiger partial charge in [-0.2, -0.15) is 0 Å². The average Bonchev–Trinajstić information content (AvgIpc) is 3.12. The van der Waals surface area contributed by atoms with E-state index in [9.17, 15) is 4.79 Å². The maximum Gasteiger partial charge on any atom is 0.270 e. The maximum atomic E-state index is 13.3. The van der Waals surface area contributed by atoms with E-state index < -0.39 is 0 Å². The summed E-state index contributed by atoms with van der Waals surface area (Å²) < 4.78 is 0. The fourth-order valence-corrected chi connectivity index (χ4v) is 4.07. The summed E-state index contributed by atoms with van der Waals surface area (Å²) >= 11 is 0. The molecule has 4 rings (SSSR count). The van der Waals surface area contributed by atoms with E-state index in [1.807, 2.05) is 30.3 Å². The van der Waals surface area contributed by atoms with Crippen LogP contribution in [0.4, 0.5) is 0 Å². The first kappa shape index (κ1) is 17.8. The van der Waals surface area contributed by atoms with Gasteiger partial charge < -0.3 is 14.8 Å². The number of H-pyrrole nitrogens is 1. The van der Waals surface area contributed by atoms with Crippen LogP contribution >= 0.6 is 0 Å². The Morgan fingerprint density at radius 3 is 2.63 bits per heavy atom. The molecule has 0 spiro atoms. The van der Waals surface area contributed by atoms with Crippen molar-refractivity contribution in [2.75, 3.05) is 20.6 Å². The molecule has 1 fully saturated rings. The van der Waals surface area contributed by atoms with E-state index in [1.165, 1.54) is 17.5 Å². The lowest BCUT2D eigenvalue weighted by Gasteiger charge is -2.36. The number of aromatic amines is 1. The highest BCUT2D eigenvalue weighted by molar-refractivity contribution is 5.98. The number of likely N-dealkylation sites (tertiary alicyclic amines) is 1. The molecule has 1 N–H and O–H groups in total. The molecule has 3 aromatic rings. The Kier molecular flexibility index (Phi) is 4.99. The SMILES string of the molecule is CN(C)Cc1ccc([C@H]2CCCCN2C(=O)c2cc3ccccc3[nH]2)cc1. The van der Waals surface area contributed by atoms with Crippen molar-refractivity contribution in [2.24, 2.45) is 0 Å². The van der Waals surface area contributed by atoms with Crippen molar-refractivity contribution in [3.8, 4) is 0 Å². The molecule has 1 atom stereocenters. The quantitative estimate of drug-likeness (QED) is 0.738. The van der Waals surface area contributed by atoms with Crippen LogP contribution < -0.4 is 0 Å². The number of carbonyl (C=O) groups excluding carboxylic acids is 1. The molecule has 2 aromatic carbocycles. The number of nitrogens with zero attached hydrogens (tertiary/aromatic N) is 2. The smallest absolute Gasteiger partial charge is 0.270 e. The van der Waals surface area contributed by atoms with Crippen molar-refractivity contribution >= 4 is 16.8 Å². The number of nitrogens with one attached hydrogen (secondary N) is 1. The van der Waals surface area contributed by atoms with Gasteiger partial charge in [0.05, 0.1) is 6.04 Å². The third-order valence-corrected chi connectivity index (χ3v) is 5.39. The number of benzene rings is 2. The fourth-order valence-electron chi connectivity index (χ4n) is 4.07. The molecule has 140 valence electrons. The fraction of sp³-hybridized carbons (Fsp3) is 0.348. The Balaban J connectivity index is 1.59. The van der Waals surface area contributed by atoms with Gasteiger partial charge >= 0.3 is 0 Å². The van der Waals surface area contributed by atoms with Crippen molar-refractivity contribution in [1.82, 2.24) is 14.8 Å². The molecule has 0 bridgehead atoms. The maximum absolute atomic E-state index is 13.3. The highest BCUT2D eigenvalue weighted by Crippen LogP contribution is 2.32. The molecule has 0 saturated carbocycles. The van der Waals surface area contributed by atoms with Gasteiger partial charge in [-0.25, -0.2) is 0 Å². The van der Waals surface area contributed by atoms with Crippen LogP contribution in [0.25, 0.3) is 10.9 Å². The normalized spacial score (nSPS) is 17.6. The summed E-state index contributed by atoms with van der Waals surface area (Å²) in [5, 5.41) is 1.09. The highest BCUT2D eigenvalue weighted by Gasteiger charge is 2.29. The van der Waals surface area contributed by atoms with E-state index in [1.54, 1.807) is 0 Å². The first-order valence-corrected chi connectivity index (χ1v) is 9.74. The van der Waals surface area contributed by atoms with Gasteiger partial charge in [0.25, 0.3) is 5.91 Å². The van der Waals surface area contributed by atoms with Gasteiger partial charge in [0.1, 0.15) is 5.69 Å². The lowest BCUT2D eigenvalue weighted by atomic mass is 9.94. The van der Waals surface area contributed by atoms with Crippen LogP contribution in [-0.2, 0) is 6.54 Å². The Morgan fingerprint density at radius 2 is 1.89 bits per heavy atom. The highest BCUT2D eigenvalue weighted by atomic mass is 16.2. The summed E-state index contributed by atoms with van der Waals surface area (Å²) in [5.74, 6) is 0.105. The van der Waals surface area contributed by atoms with E-state index in [0.717, 1.165) is 36.8 Å². The number of hydrogen-bond acceptors (Lipinski definition) is 2. The van der Waals surface area contributed by atoms with E-state index in [4.69, 9.17) is 0 Å². The average molecular weight is 361 g/mol. The minimum Gasteiger partial charge on any atom is -0.351 e. The molecule has 4 heteroatoms. The van der Waals surface area contributed by atoms with Crippen molar-refractivity contribution in [3.05, 3.63) is 71.4 Å². The van der Waals surface area contributed by atoms with Crippen molar-refractivity contribution < 1.29 is 4.79 Å². The molecule has 0 aliphatic carbocycles. The summed E-state index contributed by atoms with van der Waals surface area (Å²) in [6.07, 6.45) is 3.26. The number of amides is 1. The van der Waals surface area contributed by atoms with Crippen LogP contribution in [0.3, 0.4) is 0 Å². The van der Waals surface area contributed by atoms with E-state index in [0.29, 0.717) is 5.69 Å². The largest absolute Gasteiger partial charge is 0.351 e. The van der Waals surface area contributed by atoms with Gasteiger partial charge in [-0.05, 0) is 56.6 Å². The first-order valence-electron chi connectivity index (χ1n) is 9.74. The number of carbonyl (C=O) groups is 1. The monoisotopic (exact) mass is 361 g/mol. The molecular formula is C23H27N3O. The molecule has 1 aliphatic heterocycles. The predicted molar refractivity (Wildman–Crippen MR) is 110 cm³/mol.